The van der Waals surface area contributed by atoms with Gasteiger partial charge in [-0.15, -0.1) is 0 Å². The van der Waals surface area contributed by atoms with Crippen LogP contribution in [-0.4, -0.2) is 41.8 Å². The number of alkyl halides is 3. The summed E-state index contributed by atoms with van der Waals surface area (Å²) in [5.41, 5.74) is 1.91. The van der Waals surface area contributed by atoms with E-state index in [0.717, 1.165) is 73.9 Å². The highest BCUT2D eigenvalue weighted by molar-refractivity contribution is 5.63. The minimum atomic E-state index is -4.31. The summed E-state index contributed by atoms with van der Waals surface area (Å²) in [4.78, 5) is 2.38. The van der Waals surface area contributed by atoms with Gasteiger partial charge >= 0.3 is 6.18 Å². The lowest BCUT2D eigenvalue weighted by molar-refractivity contribution is -0.137. The number of benzene rings is 1. The van der Waals surface area contributed by atoms with Crippen molar-refractivity contribution in [1.29, 1.82) is 0 Å². The van der Waals surface area contributed by atoms with Crippen LogP contribution < -0.4 is 5.32 Å². The fourth-order valence-electron chi connectivity index (χ4n) is 3.39. The van der Waals surface area contributed by atoms with Gasteiger partial charge in [0.1, 0.15) is 0 Å². The Morgan fingerprint density at radius 3 is 2.48 bits per heavy atom. The van der Waals surface area contributed by atoms with Gasteiger partial charge < -0.3 is 5.32 Å². The van der Waals surface area contributed by atoms with E-state index in [1.165, 1.54) is 12.1 Å². The molecule has 1 aromatic carbocycles. The largest absolute Gasteiger partial charge is 0.416 e. The van der Waals surface area contributed by atoms with Crippen molar-refractivity contribution in [2.24, 2.45) is 5.92 Å². The van der Waals surface area contributed by atoms with Gasteiger partial charge in [0.25, 0.3) is 0 Å². The first kappa shape index (κ1) is 17.9. The Morgan fingerprint density at radius 2 is 1.88 bits per heavy atom. The van der Waals surface area contributed by atoms with E-state index in [9.17, 15) is 13.2 Å². The van der Waals surface area contributed by atoms with Crippen molar-refractivity contribution in [2.75, 3.05) is 26.7 Å². The maximum absolute atomic E-state index is 12.7. The van der Waals surface area contributed by atoms with Crippen molar-refractivity contribution in [3.63, 3.8) is 0 Å². The van der Waals surface area contributed by atoms with Crippen LogP contribution in [0.1, 0.15) is 24.0 Å². The predicted octanol–water partition coefficient (Wildman–Crippen LogP) is 3.53. The van der Waals surface area contributed by atoms with Crippen molar-refractivity contribution in [3.05, 3.63) is 41.6 Å². The van der Waals surface area contributed by atoms with Crippen molar-refractivity contribution in [3.8, 4) is 11.3 Å². The predicted molar refractivity (Wildman–Crippen MR) is 91.0 cm³/mol. The zero-order chi connectivity index (χ0) is 17.9. The van der Waals surface area contributed by atoms with Crippen molar-refractivity contribution < 1.29 is 13.2 Å². The molecule has 25 heavy (non-hydrogen) atoms. The van der Waals surface area contributed by atoms with E-state index in [1.54, 1.807) is 6.20 Å². The average Bonchev–Trinajstić information content (AvgIpc) is 3.04. The van der Waals surface area contributed by atoms with Gasteiger partial charge in [-0.3, -0.25) is 10.00 Å². The molecule has 1 fully saturated rings. The van der Waals surface area contributed by atoms with E-state index >= 15 is 0 Å². The summed E-state index contributed by atoms with van der Waals surface area (Å²) in [6, 6.07) is 5.23. The number of nitrogens with zero attached hydrogens (tertiary/aromatic N) is 2. The molecule has 2 N–H and O–H groups in total. The fraction of sp³-hybridized carbons (Fsp3) is 0.500. The van der Waals surface area contributed by atoms with Crippen molar-refractivity contribution in [2.45, 2.75) is 25.6 Å². The molecule has 3 rings (SSSR count). The SMILES string of the molecule is CNCC1CCN(Cc2cn[nH]c2-c2ccc(C(F)(F)F)cc2)CC1. The molecule has 0 spiro atoms. The van der Waals surface area contributed by atoms with Gasteiger partial charge in [0.2, 0.25) is 0 Å². The van der Waals surface area contributed by atoms with Crippen LogP contribution in [-0.2, 0) is 12.7 Å². The first-order valence-corrected chi connectivity index (χ1v) is 8.54. The summed E-state index contributed by atoms with van der Waals surface area (Å²) in [6.07, 6.45) is -0.220. The summed E-state index contributed by atoms with van der Waals surface area (Å²) in [6.45, 7) is 3.88. The van der Waals surface area contributed by atoms with Gasteiger partial charge in [-0.2, -0.15) is 18.3 Å². The first-order valence-electron chi connectivity index (χ1n) is 8.54. The summed E-state index contributed by atoms with van der Waals surface area (Å²) >= 11 is 0. The quantitative estimate of drug-likeness (QED) is 0.865. The molecule has 2 aromatic rings. The second-order valence-corrected chi connectivity index (χ2v) is 6.62. The van der Waals surface area contributed by atoms with Crippen LogP contribution in [0.5, 0.6) is 0 Å². The number of hydrogen-bond donors (Lipinski definition) is 2. The highest BCUT2D eigenvalue weighted by Gasteiger charge is 2.30. The van der Waals surface area contributed by atoms with Crippen LogP contribution in [0.25, 0.3) is 11.3 Å². The number of nitrogens with one attached hydrogen (secondary N) is 2. The van der Waals surface area contributed by atoms with Gasteiger partial charge in [-0.05, 0) is 63.1 Å². The van der Waals surface area contributed by atoms with E-state index in [0.29, 0.717) is 0 Å². The van der Waals surface area contributed by atoms with Crippen LogP contribution >= 0.6 is 0 Å². The Balaban J connectivity index is 1.67. The van der Waals surface area contributed by atoms with Crippen LogP contribution in [0.3, 0.4) is 0 Å². The highest BCUT2D eigenvalue weighted by Crippen LogP contribution is 2.31. The maximum atomic E-state index is 12.7. The van der Waals surface area contributed by atoms with Crippen molar-refractivity contribution in [1.82, 2.24) is 20.4 Å². The lowest BCUT2D eigenvalue weighted by Crippen LogP contribution is -2.36. The highest BCUT2D eigenvalue weighted by atomic mass is 19.4. The standard InChI is InChI=1S/C18H23F3N4/c1-22-10-13-6-8-25(9-7-13)12-15-11-23-24-17(15)14-2-4-16(5-3-14)18(19,20)21/h2-5,11,13,22H,6-10,12H2,1H3,(H,23,24). The molecule has 1 aliphatic heterocycles. The average molecular weight is 352 g/mol. The molecule has 0 saturated carbocycles. The molecule has 0 unspecified atom stereocenters. The third-order valence-electron chi connectivity index (χ3n) is 4.81. The second-order valence-electron chi connectivity index (χ2n) is 6.62. The Hall–Kier alpha value is -1.86. The summed E-state index contributed by atoms with van der Waals surface area (Å²) in [5.74, 6) is 0.722. The number of piperidine rings is 1. The number of likely N-dealkylation sites (tertiary alicyclic amines) is 1. The van der Waals surface area contributed by atoms with E-state index in [4.69, 9.17) is 0 Å². The Morgan fingerprint density at radius 1 is 1.20 bits per heavy atom. The lowest BCUT2D eigenvalue weighted by atomic mass is 9.96. The summed E-state index contributed by atoms with van der Waals surface area (Å²) in [5, 5.41) is 10.3. The van der Waals surface area contributed by atoms with E-state index < -0.39 is 11.7 Å². The van der Waals surface area contributed by atoms with E-state index in [1.807, 2.05) is 7.05 Å². The normalized spacial score (nSPS) is 17.1. The molecule has 1 aliphatic rings. The molecule has 1 aromatic heterocycles. The van der Waals surface area contributed by atoms with Gasteiger partial charge in [-0.1, -0.05) is 12.1 Å². The molecule has 1 saturated heterocycles. The van der Waals surface area contributed by atoms with E-state index in [2.05, 4.69) is 20.4 Å². The third-order valence-corrected chi connectivity index (χ3v) is 4.81. The van der Waals surface area contributed by atoms with Crippen LogP contribution in [0.4, 0.5) is 13.2 Å². The van der Waals surface area contributed by atoms with Gasteiger partial charge in [0, 0.05) is 12.1 Å². The van der Waals surface area contributed by atoms with E-state index in [-0.39, 0.29) is 0 Å². The number of rotatable bonds is 5. The zero-order valence-electron chi connectivity index (χ0n) is 14.2. The summed E-state index contributed by atoms with van der Waals surface area (Å²) in [7, 11) is 1.98. The lowest BCUT2D eigenvalue weighted by Gasteiger charge is -2.31. The molecular formula is C18H23F3N4. The van der Waals surface area contributed by atoms with Gasteiger partial charge in [0.05, 0.1) is 17.5 Å². The molecule has 0 atom stereocenters. The molecule has 0 bridgehead atoms. The van der Waals surface area contributed by atoms with Gasteiger partial charge in [0.15, 0.2) is 0 Å². The number of aromatic nitrogens is 2. The van der Waals surface area contributed by atoms with Gasteiger partial charge in [-0.25, -0.2) is 0 Å². The molecule has 4 nitrogen and oxygen atoms in total. The van der Waals surface area contributed by atoms with Crippen LogP contribution in [0.15, 0.2) is 30.5 Å². The van der Waals surface area contributed by atoms with Crippen LogP contribution in [0, 0.1) is 5.92 Å². The smallest absolute Gasteiger partial charge is 0.319 e. The minimum Gasteiger partial charge on any atom is -0.319 e. The number of H-pyrrole nitrogens is 1. The Kier molecular flexibility index (Phi) is 5.44. The Bertz CT molecular complexity index is 670. The Labute approximate surface area is 145 Å². The molecule has 7 heteroatoms. The third kappa shape index (κ3) is 4.41. The molecule has 0 aliphatic carbocycles. The molecule has 0 amide bonds. The monoisotopic (exact) mass is 352 g/mol. The molecular weight excluding hydrogens is 329 g/mol. The number of aromatic amines is 1. The van der Waals surface area contributed by atoms with Crippen molar-refractivity contribution >= 4 is 0 Å². The first-order chi connectivity index (χ1) is 12.0. The second kappa shape index (κ2) is 7.58. The fourth-order valence-corrected chi connectivity index (χ4v) is 3.39. The molecule has 136 valence electrons. The number of hydrogen-bond acceptors (Lipinski definition) is 3. The molecule has 2 heterocycles. The topological polar surface area (TPSA) is 44.0 Å². The molecule has 0 radical (unpaired) electrons. The minimum absolute atomic E-state index is 0.635. The maximum Gasteiger partial charge on any atom is 0.416 e. The number of halogens is 3. The zero-order valence-corrected chi connectivity index (χ0v) is 14.2. The summed E-state index contributed by atoms with van der Waals surface area (Å²) < 4.78 is 38.1. The van der Waals surface area contributed by atoms with Crippen LogP contribution in [0.2, 0.25) is 0 Å².